The highest BCUT2D eigenvalue weighted by Gasteiger charge is 2.10. The number of aryl methyl sites for hydroxylation is 1. The summed E-state index contributed by atoms with van der Waals surface area (Å²) in [4.78, 5) is 0. The van der Waals surface area contributed by atoms with Crippen LogP contribution in [0.5, 0.6) is 0 Å². The summed E-state index contributed by atoms with van der Waals surface area (Å²) in [5, 5.41) is 0. The zero-order valence-electron chi connectivity index (χ0n) is 15.5. The molecule has 0 amide bonds. The van der Waals surface area contributed by atoms with Gasteiger partial charge in [-0.2, -0.15) is 0 Å². The summed E-state index contributed by atoms with van der Waals surface area (Å²) in [6.07, 6.45) is 0. The van der Waals surface area contributed by atoms with E-state index in [1.54, 1.807) is 0 Å². The first-order chi connectivity index (χ1) is 13.2. The van der Waals surface area contributed by atoms with Gasteiger partial charge in [-0.25, -0.2) is 0 Å². The predicted octanol–water partition coefficient (Wildman–Crippen LogP) is 6.38. The Kier molecular flexibility index (Phi) is 4.86. The van der Waals surface area contributed by atoms with Gasteiger partial charge in [-0.05, 0) is 52.4 Å². The van der Waals surface area contributed by atoms with Crippen molar-refractivity contribution in [3.05, 3.63) is 120 Å². The van der Waals surface area contributed by atoms with E-state index in [1.807, 2.05) is 18.2 Å². The maximum absolute atomic E-state index is 6.50. The van der Waals surface area contributed by atoms with Crippen molar-refractivity contribution in [3.63, 3.8) is 0 Å². The van der Waals surface area contributed by atoms with Gasteiger partial charge < -0.3 is 5.73 Å². The van der Waals surface area contributed by atoms with Gasteiger partial charge in [0.25, 0.3) is 0 Å². The molecule has 0 heterocycles. The lowest BCUT2D eigenvalue weighted by atomic mass is 9.94. The van der Waals surface area contributed by atoms with Crippen LogP contribution >= 0.6 is 0 Å². The Labute approximate surface area is 161 Å². The Morgan fingerprint density at radius 2 is 1.04 bits per heavy atom. The van der Waals surface area contributed by atoms with Crippen LogP contribution < -0.4 is 5.73 Å². The number of benzene rings is 4. The molecule has 1 atom stereocenters. The molecule has 1 unspecified atom stereocenters. The van der Waals surface area contributed by atoms with Crippen molar-refractivity contribution in [2.45, 2.75) is 13.0 Å². The fourth-order valence-corrected chi connectivity index (χ4v) is 3.47. The van der Waals surface area contributed by atoms with E-state index in [0.29, 0.717) is 0 Å². The first kappa shape index (κ1) is 17.3. The summed E-state index contributed by atoms with van der Waals surface area (Å²) in [6, 6.07) is 36.0. The molecule has 4 rings (SSSR count). The van der Waals surface area contributed by atoms with E-state index >= 15 is 0 Å². The Hall–Kier alpha value is -3.16. The van der Waals surface area contributed by atoms with Gasteiger partial charge in [-0.3, -0.25) is 0 Å². The summed E-state index contributed by atoms with van der Waals surface area (Å²) >= 11 is 0. The minimum atomic E-state index is -0.119. The first-order valence-corrected chi connectivity index (χ1v) is 9.29. The minimum Gasteiger partial charge on any atom is -0.320 e. The molecule has 27 heavy (non-hydrogen) atoms. The first-order valence-electron chi connectivity index (χ1n) is 9.29. The van der Waals surface area contributed by atoms with Gasteiger partial charge >= 0.3 is 0 Å². The lowest BCUT2D eigenvalue weighted by Gasteiger charge is -2.14. The summed E-state index contributed by atoms with van der Waals surface area (Å²) in [5.74, 6) is 0. The maximum Gasteiger partial charge on any atom is 0.0551 e. The van der Waals surface area contributed by atoms with Crippen LogP contribution in [0.3, 0.4) is 0 Å². The normalized spacial score (nSPS) is 11.9. The Balaban J connectivity index is 1.69. The van der Waals surface area contributed by atoms with Crippen LogP contribution in [0.1, 0.15) is 22.7 Å². The topological polar surface area (TPSA) is 26.0 Å². The molecular weight excluding hydrogens is 326 g/mol. The summed E-state index contributed by atoms with van der Waals surface area (Å²) in [7, 11) is 0. The van der Waals surface area contributed by atoms with E-state index in [1.165, 1.54) is 27.8 Å². The Morgan fingerprint density at radius 3 is 1.70 bits per heavy atom. The summed E-state index contributed by atoms with van der Waals surface area (Å²) in [6.45, 7) is 2.13. The van der Waals surface area contributed by atoms with Crippen molar-refractivity contribution in [1.29, 1.82) is 0 Å². The minimum absolute atomic E-state index is 0.119. The van der Waals surface area contributed by atoms with Gasteiger partial charge in [0.15, 0.2) is 0 Å². The second-order valence-electron chi connectivity index (χ2n) is 6.96. The van der Waals surface area contributed by atoms with E-state index in [2.05, 4.69) is 91.9 Å². The average Bonchev–Trinajstić information content (AvgIpc) is 2.74. The smallest absolute Gasteiger partial charge is 0.0551 e. The number of hydrogen-bond acceptors (Lipinski definition) is 1. The Morgan fingerprint density at radius 1 is 0.519 bits per heavy atom. The molecule has 0 spiro atoms. The SMILES string of the molecule is Cc1cccc(-c2cccc(-c3cccc(C(N)c4ccccc4)c3)c2)c1. The molecule has 1 nitrogen and oxygen atoms in total. The molecular formula is C26H23N. The summed E-state index contributed by atoms with van der Waals surface area (Å²) < 4.78 is 0. The van der Waals surface area contributed by atoms with Gasteiger partial charge in [0.05, 0.1) is 6.04 Å². The van der Waals surface area contributed by atoms with Crippen molar-refractivity contribution < 1.29 is 0 Å². The monoisotopic (exact) mass is 349 g/mol. The molecule has 0 aliphatic carbocycles. The number of hydrogen-bond donors (Lipinski definition) is 1. The molecule has 0 radical (unpaired) electrons. The van der Waals surface area contributed by atoms with Crippen LogP contribution in [0.4, 0.5) is 0 Å². The molecule has 0 saturated carbocycles. The lowest BCUT2D eigenvalue weighted by molar-refractivity contribution is 0.872. The van der Waals surface area contributed by atoms with Gasteiger partial charge in [-0.1, -0.05) is 96.6 Å². The molecule has 0 aliphatic heterocycles. The van der Waals surface area contributed by atoms with Crippen molar-refractivity contribution in [1.82, 2.24) is 0 Å². The third kappa shape index (κ3) is 3.84. The largest absolute Gasteiger partial charge is 0.320 e. The van der Waals surface area contributed by atoms with E-state index in [9.17, 15) is 0 Å². The van der Waals surface area contributed by atoms with Gasteiger partial charge in [0.2, 0.25) is 0 Å². The molecule has 4 aromatic carbocycles. The highest BCUT2D eigenvalue weighted by molar-refractivity contribution is 5.73. The van der Waals surface area contributed by atoms with Gasteiger partial charge in [0.1, 0.15) is 0 Å². The highest BCUT2D eigenvalue weighted by atomic mass is 14.6. The van der Waals surface area contributed by atoms with Crippen molar-refractivity contribution >= 4 is 0 Å². The predicted molar refractivity (Wildman–Crippen MR) is 115 cm³/mol. The highest BCUT2D eigenvalue weighted by Crippen LogP contribution is 2.29. The van der Waals surface area contributed by atoms with Crippen LogP contribution in [0.15, 0.2) is 103 Å². The van der Waals surface area contributed by atoms with E-state index in [4.69, 9.17) is 5.73 Å². The van der Waals surface area contributed by atoms with Crippen molar-refractivity contribution in [2.75, 3.05) is 0 Å². The fourth-order valence-electron chi connectivity index (χ4n) is 3.47. The molecule has 4 aromatic rings. The zero-order valence-corrected chi connectivity index (χ0v) is 15.5. The van der Waals surface area contributed by atoms with Crippen LogP contribution in [-0.2, 0) is 0 Å². The van der Waals surface area contributed by atoms with E-state index in [0.717, 1.165) is 11.1 Å². The average molecular weight is 349 g/mol. The van der Waals surface area contributed by atoms with E-state index in [-0.39, 0.29) is 6.04 Å². The van der Waals surface area contributed by atoms with Crippen LogP contribution in [0, 0.1) is 6.92 Å². The number of nitrogens with two attached hydrogens (primary N) is 1. The molecule has 0 bridgehead atoms. The van der Waals surface area contributed by atoms with Crippen LogP contribution in [0.2, 0.25) is 0 Å². The van der Waals surface area contributed by atoms with Gasteiger partial charge in [0, 0.05) is 0 Å². The molecule has 132 valence electrons. The standard InChI is InChI=1S/C26H23N/c1-19-8-5-11-21(16-19)22-12-6-13-23(17-22)24-14-7-15-25(18-24)26(27)20-9-3-2-4-10-20/h2-18,26H,27H2,1H3. The Bertz CT molecular complexity index is 1050. The lowest BCUT2D eigenvalue weighted by Crippen LogP contribution is -2.11. The van der Waals surface area contributed by atoms with Crippen molar-refractivity contribution in [2.24, 2.45) is 5.73 Å². The molecule has 0 aliphatic rings. The maximum atomic E-state index is 6.50. The number of rotatable bonds is 4. The molecule has 0 saturated heterocycles. The quantitative estimate of drug-likeness (QED) is 0.455. The van der Waals surface area contributed by atoms with Crippen molar-refractivity contribution in [3.8, 4) is 22.3 Å². The molecule has 1 heteroatoms. The third-order valence-corrected chi connectivity index (χ3v) is 4.95. The summed E-state index contributed by atoms with van der Waals surface area (Å²) in [5.41, 5.74) is 14.9. The van der Waals surface area contributed by atoms with Crippen LogP contribution in [-0.4, -0.2) is 0 Å². The zero-order chi connectivity index (χ0) is 18.6. The second kappa shape index (κ2) is 7.61. The second-order valence-corrected chi connectivity index (χ2v) is 6.96. The fraction of sp³-hybridized carbons (Fsp3) is 0.0769. The molecule has 0 aromatic heterocycles. The van der Waals surface area contributed by atoms with Crippen LogP contribution in [0.25, 0.3) is 22.3 Å². The third-order valence-electron chi connectivity index (χ3n) is 4.95. The van der Waals surface area contributed by atoms with E-state index < -0.39 is 0 Å². The van der Waals surface area contributed by atoms with Gasteiger partial charge in [-0.15, -0.1) is 0 Å². The molecule has 0 fully saturated rings. The molecule has 2 N–H and O–H groups in total.